The van der Waals surface area contributed by atoms with Gasteiger partial charge in [-0.1, -0.05) is 6.07 Å². The van der Waals surface area contributed by atoms with Gasteiger partial charge in [0.15, 0.2) is 0 Å². The van der Waals surface area contributed by atoms with Crippen LogP contribution >= 0.6 is 0 Å². The minimum atomic E-state index is -0.379. The first-order valence-electron chi connectivity index (χ1n) is 5.92. The predicted molar refractivity (Wildman–Crippen MR) is 71.1 cm³/mol. The van der Waals surface area contributed by atoms with Crippen molar-refractivity contribution in [2.24, 2.45) is 0 Å². The van der Waals surface area contributed by atoms with Crippen LogP contribution in [0.3, 0.4) is 0 Å². The summed E-state index contributed by atoms with van der Waals surface area (Å²) in [5, 5.41) is 3.01. The first kappa shape index (κ1) is 13.5. The standard InChI is InChI=1S/C15H15F2NO/c1-18-9-10-3-4-11(16)7-13(10)14-8-12(17)5-6-15(14)19-2/h3-8,18H,9H2,1-2H3. The van der Waals surface area contributed by atoms with Gasteiger partial charge < -0.3 is 10.1 Å². The maximum Gasteiger partial charge on any atom is 0.126 e. The SMILES string of the molecule is CNCc1ccc(F)cc1-c1cc(F)ccc1OC. The fourth-order valence-corrected chi connectivity index (χ4v) is 2.03. The Bertz CT molecular complexity index is 584. The van der Waals surface area contributed by atoms with Crippen molar-refractivity contribution in [1.82, 2.24) is 5.32 Å². The molecule has 19 heavy (non-hydrogen) atoms. The highest BCUT2D eigenvalue weighted by atomic mass is 19.1. The molecule has 2 aromatic carbocycles. The van der Waals surface area contributed by atoms with Crippen molar-refractivity contribution in [3.8, 4) is 16.9 Å². The summed E-state index contributed by atoms with van der Waals surface area (Å²) >= 11 is 0. The average molecular weight is 263 g/mol. The van der Waals surface area contributed by atoms with Gasteiger partial charge in [0.25, 0.3) is 0 Å². The quantitative estimate of drug-likeness (QED) is 0.913. The summed E-state index contributed by atoms with van der Waals surface area (Å²) in [6, 6.07) is 8.68. The Morgan fingerprint density at radius 3 is 2.26 bits per heavy atom. The van der Waals surface area contributed by atoms with Gasteiger partial charge in [-0.15, -0.1) is 0 Å². The summed E-state index contributed by atoms with van der Waals surface area (Å²) in [5.41, 5.74) is 2.06. The van der Waals surface area contributed by atoms with Crippen LogP contribution in [-0.2, 0) is 6.54 Å². The first-order valence-corrected chi connectivity index (χ1v) is 5.92. The van der Waals surface area contributed by atoms with E-state index in [2.05, 4.69) is 5.32 Å². The van der Waals surface area contributed by atoms with E-state index in [1.54, 1.807) is 19.2 Å². The Morgan fingerprint density at radius 2 is 1.63 bits per heavy atom. The second-order valence-electron chi connectivity index (χ2n) is 4.18. The van der Waals surface area contributed by atoms with Crippen LogP contribution in [0, 0.1) is 11.6 Å². The van der Waals surface area contributed by atoms with E-state index in [0.29, 0.717) is 23.4 Å². The van der Waals surface area contributed by atoms with Gasteiger partial charge in [0.2, 0.25) is 0 Å². The highest BCUT2D eigenvalue weighted by Gasteiger charge is 2.12. The van der Waals surface area contributed by atoms with E-state index >= 15 is 0 Å². The Kier molecular flexibility index (Phi) is 4.12. The normalized spacial score (nSPS) is 10.5. The van der Waals surface area contributed by atoms with E-state index in [-0.39, 0.29) is 11.6 Å². The predicted octanol–water partition coefficient (Wildman–Crippen LogP) is 3.36. The zero-order valence-corrected chi connectivity index (χ0v) is 10.8. The molecule has 2 aromatic rings. The lowest BCUT2D eigenvalue weighted by atomic mass is 9.98. The molecule has 0 spiro atoms. The summed E-state index contributed by atoms with van der Waals surface area (Å²) < 4.78 is 32.1. The third-order valence-corrected chi connectivity index (χ3v) is 2.89. The summed E-state index contributed by atoms with van der Waals surface area (Å²) in [5.74, 6) is -0.221. The zero-order chi connectivity index (χ0) is 13.8. The number of rotatable bonds is 4. The van der Waals surface area contributed by atoms with Gasteiger partial charge >= 0.3 is 0 Å². The summed E-state index contributed by atoms with van der Waals surface area (Å²) in [7, 11) is 3.31. The van der Waals surface area contributed by atoms with E-state index < -0.39 is 0 Å². The van der Waals surface area contributed by atoms with Gasteiger partial charge in [-0.25, -0.2) is 8.78 Å². The lowest BCUT2D eigenvalue weighted by molar-refractivity contribution is 0.415. The molecule has 0 atom stereocenters. The Morgan fingerprint density at radius 1 is 1.00 bits per heavy atom. The van der Waals surface area contributed by atoms with E-state index in [0.717, 1.165) is 5.56 Å². The summed E-state index contributed by atoms with van der Waals surface area (Å²) in [4.78, 5) is 0. The lowest BCUT2D eigenvalue weighted by Crippen LogP contribution is -2.07. The van der Waals surface area contributed by atoms with Crippen molar-refractivity contribution in [2.45, 2.75) is 6.54 Å². The zero-order valence-electron chi connectivity index (χ0n) is 10.8. The Hall–Kier alpha value is -1.94. The molecule has 0 saturated heterocycles. The van der Waals surface area contributed by atoms with Gasteiger partial charge in [-0.2, -0.15) is 0 Å². The van der Waals surface area contributed by atoms with E-state index in [1.165, 1.54) is 31.4 Å². The molecule has 0 radical (unpaired) electrons. The van der Waals surface area contributed by atoms with Crippen LogP contribution in [-0.4, -0.2) is 14.2 Å². The topological polar surface area (TPSA) is 21.3 Å². The minimum absolute atomic E-state index is 0.360. The molecule has 0 unspecified atom stereocenters. The smallest absolute Gasteiger partial charge is 0.126 e. The number of nitrogens with one attached hydrogen (secondary N) is 1. The van der Waals surface area contributed by atoms with Gasteiger partial charge in [-0.3, -0.25) is 0 Å². The number of ether oxygens (including phenoxy) is 1. The molecule has 2 nitrogen and oxygen atoms in total. The Balaban J connectivity index is 2.62. The van der Waals surface area contributed by atoms with Crippen LogP contribution in [0.2, 0.25) is 0 Å². The lowest BCUT2D eigenvalue weighted by Gasteiger charge is -2.13. The molecule has 0 aliphatic rings. The van der Waals surface area contributed by atoms with Crippen molar-refractivity contribution in [1.29, 1.82) is 0 Å². The molecule has 4 heteroatoms. The Labute approximate surface area is 111 Å². The van der Waals surface area contributed by atoms with Gasteiger partial charge in [0.1, 0.15) is 17.4 Å². The number of benzene rings is 2. The highest BCUT2D eigenvalue weighted by molar-refractivity contribution is 5.73. The van der Waals surface area contributed by atoms with Gasteiger partial charge in [0.05, 0.1) is 7.11 Å². The second-order valence-corrected chi connectivity index (χ2v) is 4.18. The minimum Gasteiger partial charge on any atom is -0.496 e. The van der Waals surface area contributed by atoms with Crippen molar-refractivity contribution in [2.75, 3.05) is 14.2 Å². The molecule has 0 amide bonds. The van der Waals surface area contributed by atoms with Gasteiger partial charge in [0, 0.05) is 12.1 Å². The summed E-state index contributed by atoms with van der Waals surface area (Å²) in [6.07, 6.45) is 0. The van der Waals surface area contributed by atoms with Crippen LogP contribution in [0.5, 0.6) is 5.75 Å². The van der Waals surface area contributed by atoms with Crippen molar-refractivity contribution in [3.63, 3.8) is 0 Å². The number of hydrogen-bond acceptors (Lipinski definition) is 2. The third kappa shape index (κ3) is 2.90. The van der Waals surface area contributed by atoms with Crippen LogP contribution < -0.4 is 10.1 Å². The van der Waals surface area contributed by atoms with E-state index in [9.17, 15) is 8.78 Å². The maximum absolute atomic E-state index is 13.5. The van der Waals surface area contributed by atoms with Crippen molar-refractivity contribution >= 4 is 0 Å². The van der Waals surface area contributed by atoms with Crippen LogP contribution in [0.4, 0.5) is 8.78 Å². The maximum atomic E-state index is 13.5. The molecule has 0 aliphatic heterocycles. The molecular formula is C15H15F2NO. The van der Waals surface area contributed by atoms with Crippen LogP contribution in [0.15, 0.2) is 36.4 Å². The fourth-order valence-electron chi connectivity index (χ4n) is 2.03. The largest absolute Gasteiger partial charge is 0.496 e. The molecule has 0 aliphatic carbocycles. The fraction of sp³-hybridized carbons (Fsp3) is 0.200. The molecule has 100 valence electrons. The van der Waals surface area contributed by atoms with E-state index in [4.69, 9.17) is 4.74 Å². The van der Waals surface area contributed by atoms with Gasteiger partial charge in [-0.05, 0) is 48.5 Å². The summed E-state index contributed by atoms with van der Waals surface area (Å²) in [6.45, 7) is 0.565. The monoisotopic (exact) mass is 263 g/mol. The first-order chi connectivity index (χ1) is 9.15. The molecule has 0 heterocycles. The molecule has 0 fully saturated rings. The van der Waals surface area contributed by atoms with Crippen LogP contribution in [0.25, 0.3) is 11.1 Å². The number of methoxy groups -OCH3 is 1. The van der Waals surface area contributed by atoms with Crippen molar-refractivity contribution < 1.29 is 13.5 Å². The van der Waals surface area contributed by atoms with Crippen molar-refractivity contribution in [3.05, 3.63) is 53.6 Å². The molecular weight excluding hydrogens is 248 g/mol. The molecule has 0 bridgehead atoms. The average Bonchev–Trinajstić information content (AvgIpc) is 2.41. The van der Waals surface area contributed by atoms with E-state index in [1.807, 2.05) is 0 Å². The number of halogens is 2. The highest BCUT2D eigenvalue weighted by Crippen LogP contribution is 2.33. The molecule has 1 N–H and O–H groups in total. The number of hydrogen-bond donors (Lipinski definition) is 1. The molecule has 2 rings (SSSR count). The molecule has 0 saturated carbocycles. The second kappa shape index (κ2) is 5.80. The third-order valence-electron chi connectivity index (χ3n) is 2.89. The molecule has 0 aromatic heterocycles. The van der Waals surface area contributed by atoms with Crippen LogP contribution in [0.1, 0.15) is 5.56 Å².